The molecule has 0 unspecified atom stereocenters. The normalized spacial score (nSPS) is 10.9. The number of hydrogen-bond acceptors (Lipinski definition) is 5. The first-order chi connectivity index (χ1) is 9.58. The van der Waals surface area contributed by atoms with Gasteiger partial charge in [0.25, 0.3) is 0 Å². The molecule has 2 N–H and O–H groups in total. The summed E-state index contributed by atoms with van der Waals surface area (Å²) in [6.45, 7) is 3.44. The molecule has 0 aliphatic rings. The maximum Gasteiger partial charge on any atom is 0.195 e. The fourth-order valence-electron chi connectivity index (χ4n) is 2.16. The van der Waals surface area contributed by atoms with Crippen LogP contribution in [-0.2, 0) is 0 Å². The second kappa shape index (κ2) is 4.41. The molecule has 6 heteroatoms. The van der Waals surface area contributed by atoms with Gasteiger partial charge in [0.05, 0.1) is 5.69 Å². The van der Waals surface area contributed by atoms with Gasteiger partial charge >= 0.3 is 0 Å². The zero-order valence-electron chi connectivity index (χ0n) is 11.2. The molecular weight excluding hydrogens is 254 g/mol. The highest BCUT2D eigenvalue weighted by molar-refractivity contribution is 5.95. The summed E-state index contributed by atoms with van der Waals surface area (Å²) in [4.78, 5) is 24.5. The Hall–Kier alpha value is -2.76. The lowest BCUT2D eigenvalue weighted by atomic mass is 10.2. The maximum atomic E-state index is 11.7. The number of ketones is 1. The number of imidazole rings is 1. The fraction of sp³-hybridized carbons (Fsp3) is 0.143. The Labute approximate surface area is 115 Å². The average molecular weight is 267 g/mol. The van der Waals surface area contributed by atoms with E-state index in [4.69, 9.17) is 5.73 Å². The molecule has 0 aromatic carbocycles. The Morgan fingerprint density at radius 1 is 1.30 bits per heavy atom. The third kappa shape index (κ3) is 1.82. The lowest BCUT2D eigenvalue weighted by Crippen LogP contribution is -2.02. The van der Waals surface area contributed by atoms with Crippen LogP contribution in [0.5, 0.6) is 0 Å². The third-order valence-electron chi connectivity index (χ3n) is 3.06. The molecule has 20 heavy (non-hydrogen) atoms. The Morgan fingerprint density at radius 2 is 2.10 bits per heavy atom. The van der Waals surface area contributed by atoms with E-state index in [9.17, 15) is 4.79 Å². The van der Waals surface area contributed by atoms with Crippen molar-refractivity contribution in [1.82, 2.24) is 19.4 Å². The number of anilines is 1. The molecule has 0 amide bonds. The molecule has 3 aromatic rings. The van der Waals surface area contributed by atoms with Crippen molar-refractivity contribution in [1.29, 1.82) is 0 Å². The lowest BCUT2D eigenvalue weighted by molar-refractivity contribution is 0.100. The highest BCUT2D eigenvalue weighted by Crippen LogP contribution is 2.27. The van der Waals surface area contributed by atoms with Gasteiger partial charge in [-0.15, -0.1) is 0 Å². The number of carbonyl (C=O) groups excluding carboxylic acids is 1. The van der Waals surface area contributed by atoms with Crippen LogP contribution < -0.4 is 5.73 Å². The number of aromatic nitrogens is 4. The van der Waals surface area contributed by atoms with Crippen LogP contribution in [0.1, 0.15) is 23.1 Å². The number of fused-ring (bicyclic) bond motifs is 1. The van der Waals surface area contributed by atoms with Crippen LogP contribution in [0.3, 0.4) is 0 Å². The first-order valence-electron chi connectivity index (χ1n) is 6.14. The maximum absolute atomic E-state index is 11.7. The number of nitrogen functional groups attached to an aromatic ring is 1. The average Bonchev–Trinajstić information content (AvgIpc) is 2.80. The number of Topliss-reactive ketones (excluding diaryl/α,β-unsaturated/α-hetero) is 1. The summed E-state index contributed by atoms with van der Waals surface area (Å²) < 4.78 is 1.66. The molecule has 0 saturated carbocycles. The van der Waals surface area contributed by atoms with Crippen LogP contribution in [0.25, 0.3) is 16.9 Å². The van der Waals surface area contributed by atoms with Crippen LogP contribution in [0.2, 0.25) is 0 Å². The summed E-state index contributed by atoms with van der Waals surface area (Å²) in [5, 5.41) is 0. The van der Waals surface area contributed by atoms with Gasteiger partial charge in [0.2, 0.25) is 0 Å². The predicted octanol–water partition coefficient (Wildman–Crippen LogP) is 1.88. The minimum Gasteiger partial charge on any atom is -0.382 e. The van der Waals surface area contributed by atoms with Crippen molar-refractivity contribution < 1.29 is 4.79 Å². The highest BCUT2D eigenvalue weighted by atomic mass is 16.1. The van der Waals surface area contributed by atoms with Crippen molar-refractivity contribution >= 4 is 17.1 Å². The van der Waals surface area contributed by atoms with Gasteiger partial charge in [-0.2, -0.15) is 0 Å². The molecule has 0 bridgehead atoms. The fourth-order valence-corrected chi connectivity index (χ4v) is 2.16. The van der Waals surface area contributed by atoms with E-state index in [0.29, 0.717) is 28.5 Å². The number of rotatable bonds is 2. The van der Waals surface area contributed by atoms with E-state index in [0.717, 1.165) is 5.56 Å². The Balaban J connectivity index is 2.39. The van der Waals surface area contributed by atoms with Gasteiger partial charge in [-0.05, 0) is 24.6 Å². The number of nitrogens with two attached hydrogens (primary N) is 1. The van der Waals surface area contributed by atoms with Crippen molar-refractivity contribution in [3.63, 3.8) is 0 Å². The van der Waals surface area contributed by atoms with E-state index in [1.165, 1.54) is 6.92 Å². The largest absolute Gasteiger partial charge is 0.382 e. The molecule has 0 atom stereocenters. The molecule has 0 radical (unpaired) electrons. The van der Waals surface area contributed by atoms with Crippen LogP contribution in [0, 0.1) is 6.92 Å². The number of nitrogens with zero attached hydrogens (tertiary/aromatic N) is 4. The number of aryl methyl sites for hydroxylation is 1. The second-order valence-corrected chi connectivity index (χ2v) is 4.59. The van der Waals surface area contributed by atoms with Crippen LogP contribution in [-0.4, -0.2) is 25.1 Å². The molecule has 100 valence electrons. The summed E-state index contributed by atoms with van der Waals surface area (Å²) in [6, 6.07) is 3.80. The molecule has 3 aromatic heterocycles. The minimum atomic E-state index is -0.135. The van der Waals surface area contributed by atoms with Crippen molar-refractivity contribution in [3.8, 4) is 11.4 Å². The zero-order valence-corrected chi connectivity index (χ0v) is 11.2. The molecule has 3 heterocycles. The highest BCUT2D eigenvalue weighted by Gasteiger charge is 2.18. The predicted molar refractivity (Wildman–Crippen MR) is 75.4 cm³/mol. The molecule has 3 rings (SSSR count). The summed E-state index contributed by atoms with van der Waals surface area (Å²) >= 11 is 0. The molecule has 0 aliphatic carbocycles. The summed E-state index contributed by atoms with van der Waals surface area (Å²) in [7, 11) is 0. The van der Waals surface area contributed by atoms with Crippen molar-refractivity contribution in [3.05, 3.63) is 42.1 Å². The van der Waals surface area contributed by atoms with E-state index >= 15 is 0 Å². The van der Waals surface area contributed by atoms with Crippen LogP contribution in [0.15, 0.2) is 30.7 Å². The van der Waals surface area contributed by atoms with Crippen LogP contribution in [0.4, 0.5) is 5.82 Å². The van der Waals surface area contributed by atoms with Gasteiger partial charge < -0.3 is 5.73 Å². The second-order valence-electron chi connectivity index (χ2n) is 4.59. The topological polar surface area (TPSA) is 86.2 Å². The zero-order chi connectivity index (χ0) is 14.3. The summed E-state index contributed by atoms with van der Waals surface area (Å²) in [5.41, 5.74) is 8.85. The standard InChI is InChI=1S/C14H13N5O/c1-8-3-4-16-10(7-8)11-12-13(15)17-5-6-19(12)14(18-11)9(2)20/h3-7H,1-2H3,(H2,15,17). The number of pyridine rings is 1. The molecule has 0 saturated heterocycles. The van der Waals surface area contributed by atoms with Gasteiger partial charge in [0.15, 0.2) is 11.6 Å². The molecule has 0 fully saturated rings. The first kappa shape index (κ1) is 12.3. The summed E-state index contributed by atoms with van der Waals surface area (Å²) in [6.07, 6.45) is 4.93. The lowest BCUT2D eigenvalue weighted by Gasteiger charge is -2.01. The van der Waals surface area contributed by atoms with Gasteiger partial charge in [0, 0.05) is 25.5 Å². The SMILES string of the molecule is CC(=O)c1nc(-c2cc(C)ccn2)c2c(N)nccn12. The number of hydrogen-bond donors (Lipinski definition) is 1. The van der Waals surface area contributed by atoms with Crippen molar-refractivity contribution in [2.45, 2.75) is 13.8 Å². The minimum absolute atomic E-state index is 0.135. The monoisotopic (exact) mass is 267 g/mol. The molecular formula is C14H13N5O. The van der Waals surface area contributed by atoms with E-state index in [1.54, 1.807) is 23.0 Å². The Kier molecular flexibility index (Phi) is 2.71. The number of carbonyl (C=O) groups is 1. The molecule has 0 aliphatic heterocycles. The quantitative estimate of drug-likeness (QED) is 0.716. The van der Waals surface area contributed by atoms with Gasteiger partial charge in [0.1, 0.15) is 17.0 Å². The third-order valence-corrected chi connectivity index (χ3v) is 3.06. The van der Waals surface area contributed by atoms with Gasteiger partial charge in [-0.25, -0.2) is 9.97 Å². The van der Waals surface area contributed by atoms with Gasteiger partial charge in [-0.3, -0.25) is 14.2 Å². The van der Waals surface area contributed by atoms with E-state index in [2.05, 4.69) is 15.0 Å². The molecule has 6 nitrogen and oxygen atoms in total. The summed E-state index contributed by atoms with van der Waals surface area (Å²) in [5.74, 6) is 0.516. The Bertz CT molecular complexity index is 822. The first-order valence-corrected chi connectivity index (χ1v) is 6.14. The van der Waals surface area contributed by atoms with E-state index in [-0.39, 0.29) is 5.78 Å². The van der Waals surface area contributed by atoms with Crippen LogP contribution >= 0.6 is 0 Å². The molecule has 0 spiro atoms. The Morgan fingerprint density at radius 3 is 2.80 bits per heavy atom. The van der Waals surface area contributed by atoms with Gasteiger partial charge in [-0.1, -0.05) is 0 Å². The van der Waals surface area contributed by atoms with Crippen molar-refractivity contribution in [2.75, 3.05) is 5.73 Å². The van der Waals surface area contributed by atoms with E-state index in [1.807, 2.05) is 19.1 Å². The smallest absolute Gasteiger partial charge is 0.195 e. The van der Waals surface area contributed by atoms with E-state index < -0.39 is 0 Å². The van der Waals surface area contributed by atoms with Crippen molar-refractivity contribution in [2.24, 2.45) is 0 Å².